The number of carbonyl (C=O) groups excluding carboxylic acids is 2. The first-order chi connectivity index (χ1) is 9.73. The Morgan fingerprint density at radius 3 is 2.43 bits per heavy atom. The third-order valence-electron chi connectivity index (χ3n) is 3.71. The van der Waals surface area contributed by atoms with Gasteiger partial charge in [-0.2, -0.15) is 0 Å². The molecule has 0 saturated carbocycles. The minimum absolute atomic E-state index is 0.00194. The van der Waals surface area contributed by atoms with E-state index in [0.29, 0.717) is 25.9 Å². The Kier molecular flexibility index (Phi) is 6.45. The summed E-state index contributed by atoms with van der Waals surface area (Å²) >= 11 is 0. The van der Waals surface area contributed by atoms with Crippen molar-refractivity contribution in [3.63, 3.8) is 0 Å². The van der Waals surface area contributed by atoms with Crippen LogP contribution >= 0.6 is 0 Å². The Bertz CT molecular complexity index is 365. The first-order valence-electron chi connectivity index (χ1n) is 7.53. The Hall–Kier alpha value is -1.30. The number of methoxy groups -OCH3 is 1. The minimum atomic E-state index is -0.490. The van der Waals surface area contributed by atoms with Crippen molar-refractivity contribution in [1.82, 2.24) is 4.90 Å². The highest BCUT2D eigenvalue weighted by molar-refractivity contribution is 5.69. The molecule has 6 heteroatoms. The molecule has 1 saturated heterocycles. The van der Waals surface area contributed by atoms with Crippen LogP contribution in [-0.2, 0) is 14.3 Å². The smallest absolute Gasteiger partial charge is 0.410 e. The Balaban J connectivity index is 2.51. The summed E-state index contributed by atoms with van der Waals surface area (Å²) in [5, 5.41) is 0. The van der Waals surface area contributed by atoms with Crippen molar-refractivity contribution < 1.29 is 19.1 Å². The number of rotatable bonds is 3. The summed E-state index contributed by atoms with van der Waals surface area (Å²) in [4.78, 5) is 25.0. The van der Waals surface area contributed by atoms with Gasteiger partial charge in [0.2, 0.25) is 0 Å². The molecule has 0 aromatic rings. The van der Waals surface area contributed by atoms with Crippen molar-refractivity contribution in [3.8, 4) is 0 Å². The molecule has 1 aliphatic rings. The first-order valence-corrected chi connectivity index (χ1v) is 7.53. The van der Waals surface area contributed by atoms with Crippen LogP contribution < -0.4 is 5.73 Å². The van der Waals surface area contributed by atoms with Gasteiger partial charge in [0.25, 0.3) is 0 Å². The fourth-order valence-electron chi connectivity index (χ4n) is 2.46. The molecule has 2 N–H and O–H groups in total. The standard InChI is InChI=1S/C15H28N2O4/c1-15(2,3)21-14(19)17-9-7-11(12(16)8-10-17)5-6-13(18)20-4/h11-12H,5-10,16H2,1-4H3/t11-,12-/m0/s1. The van der Waals surface area contributed by atoms with Gasteiger partial charge in [0.05, 0.1) is 7.11 Å². The summed E-state index contributed by atoms with van der Waals surface area (Å²) in [6.07, 6.45) is 2.31. The Labute approximate surface area is 126 Å². The summed E-state index contributed by atoms with van der Waals surface area (Å²) in [6.45, 7) is 6.79. The molecule has 1 heterocycles. The van der Waals surface area contributed by atoms with E-state index in [1.165, 1.54) is 7.11 Å². The SMILES string of the molecule is COC(=O)CC[C@H]1CCN(C(=O)OC(C)(C)C)CC[C@@H]1N. The average Bonchev–Trinajstić information content (AvgIpc) is 2.56. The van der Waals surface area contributed by atoms with Gasteiger partial charge in [-0.15, -0.1) is 0 Å². The molecular formula is C15H28N2O4. The number of hydrogen-bond donors (Lipinski definition) is 1. The van der Waals surface area contributed by atoms with E-state index in [1.54, 1.807) is 4.90 Å². The van der Waals surface area contributed by atoms with E-state index < -0.39 is 5.60 Å². The fourth-order valence-corrected chi connectivity index (χ4v) is 2.46. The summed E-state index contributed by atoms with van der Waals surface area (Å²) < 4.78 is 10.0. The Morgan fingerprint density at radius 1 is 1.24 bits per heavy atom. The molecule has 6 nitrogen and oxygen atoms in total. The molecule has 21 heavy (non-hydrogen) atoms. The van der Waals surface area contributed by atoms with E-state index in [1.807, 2.05) is 20.8 Å². The van der Waals surface area contributed by atoms with Gasteiger partial charge in [0, 0.05) is 25.6 Å². The normalized spacial score (nSPS) is 23.4. The summed E-state index contributed by atoms with van der Waals surface area (Å²) in [7, 11) is 1.39. The second kappa shape index (κ2) is 7.64. The molecule has 0 bridgehead atoms. The zero-order chi connectivity index (χ0) is 16.0. The topological polar surface area (TPSA) is 81.9 Å². The van der Waals surface area contributed by atoms with Gasteiger partial charge in [-0.05, 0) is 46.0 Å². The van der Waals surface area contributed by atoms with Crippen molar-refractivity contribution in [3.05, 3.63) is 0 Å². The van der Waals surface area contributed by atoms with Crippen molar-refractivity contribution >= 4 is 12.1 Å². The third kappa shape index (κ3) is 6.33. The number of esters is 1. The predicted octanol–water partition coefficient (Wildman–Crippen LogP) is 1.91. The zero-order valence-electron chi connectivity index (χ0n) is 13.6. The lowest BCUT2D eigenvalue weighted by molar-refractivity contribution is -0.141. The molecule has 122 valence electrons. The minimum Gasteiger partial charge on any atom is -0.469 e. The zero-order valence-corrected chi connectivity index (χ0v) is 13.6. The molecule has 0 radical (unpaired) electrons. The van der Waals surface area contributed by atoms with Crippen molar-refractivity contribution in [1.29, 1.82) is 0 Å². The van der Waals surface area contributed by atoms with Gasteiger partial charge in [-0.3, -0.25) is 4.79 Å². The van der Waals surface area contributed by atoms with E-state index in [-0.39, 0.29) is 24.0 Å². The van der Waals surface area contributed by atoms with Crippen LogP contribution in [0.25, 0.3) is 0 Å². The molecule has 0 aliphatic carbocycles. The lowest BCUT2D eigenvalue weighted by Crippen LogP contribution is -2.37. The molecule has 0 aromatic carbocycles. The van der Waals surface area contributed by atoms with Crippen LogP contribution in [0.3, 0.4) is 0 Å². The molecule has 0 aromatic heterocycles. The van der Waals surface area contributed by atoms with Crippen LogP contribution in [0.4, 0.5) is 4.79 Å². The third-order valence-corrected chi connectivity index (χ3v) is 3.71. The molecular weight excluding hydrogens is 272 g/mol. The summed E-state index contributed by atoms with van der Waals surface area (Å²) in [5.74, 6) is 0.0204. The van der Waals surface area contributed by atoms with Gasteiger partial charge in [-0.1, -0.05) is 0 Å². The average molecular weight is 300 g/mol. The number of likely N-dealkylation sites (tertiary alicyclic amines) is 1. The van der Waals surface area contributed by atoms with Crippen LogP contribution in [0.2, 0.25) is 0 Å². The van der Waals surface area contributed by atoms with E-state index >= 15 is 0 Å². The maximum atomic E-state index is 12.1. The van der Waals surface area contributed by atoms with Crippen LogP contribution in [-0.4, -0.2) is 48.8 Å². The van der Waals surface area contributed by atoms with Crippen molar-refractivity contribution in [2.24, 2.45) is 11.7 Å². The second-order valence-corrected chi connectivity index (χ2v) is 6.58. The largest absolute Gasteiger partial charge is 0.469 e. The predicted molar refractivity (Wildman–Crippen MR) is 79.8 cm³/mol. The monoisotopic (exact) mass is 300 g/mol. The summed E-state index contributed by atoms with van der Waals surface area (Å²) in [6, 6.07) is 0.00194. The number of amides is 1. The Morgan fingerprint density at radius 2 is 1.86 bits per heavy atom. The van der Waals surface area contributed by atoms with Crippen LogP contribution in [0, 0.1) is 5.92 Å². The van der Waals surface area contributed by atoms with Crippen LogP contribution in [0.1, 0.15) is 46.5 Å². The van der Waals surface area contributed by atoms with Crippen molar-refractivity contribution in [2.75, 3.05) is 20.2 Å². The molecule has 2 atom stereocenters. The van der Waals surface area contributed by atoms with Crippen molar-refractivity contribution in [2.45, 2.75) is 58.1 Å². The maximum absolute atomic E-state index is 12.1. The molecule has 1 fully saturated rings. The number of hydrogen-bond acceptors (Lipinski definition) is 5. The molecule has 1 aliphatic heterocycles. The van der Waals surface area contributed by atoms with E-state index in [4.69, 9.17) is 10.5 Å². The van der Waals surface area contributed by atoms with Gasteiger partial charge in [-0.25, -0.2) is 4.79 Å². The lowest BCUT2D eigenvalue weighted by atomic mass is 9.91. The van der Waals surface area contributed by atoms with Gasteiger partial charge >= 0.3 is 12.1 Å². The highest BCUT2D eigenvalue weighted by Crippen LogP contribution is 2.23. The van der Waals surface area contributed by atoms with Crippen LogP contribution in [0.5, 0.6) is 0 Å². The van der Waals surface area contributed by atoms with E-state index in [9.17, 15) is 9.59 Å². The fraction of sp³-hybridized carbons (Fsp3) is 0.867. The second-order valence-electron chi connectivity index (χ2n) is 6.58. The van der Waals surface area contributed by atoms with Gasteiger partial charge in [0.1, 0.15) is 5.60 Å². The van der Waals surface area contributed by atoms with Gasteiger partial charge < -0.3 is 20.1 Å². The quantitative estimate of drug-likeness (QED) is 0.805. The number of nitrogens with zero attached hydrogens (tertiary/aromatic N) is 1. The molecule has 1 amide bonds. The number of carbonyl (C=O) groups is 2. The summed E-state index contributed by atoms with van der Waals surface area (Å²) in [5.41, 5.74) is 5.68. The highest BCUT2D eigenvalue weighted by atomic mass is 16.6. The van der Waals surface area contributed by atoms with E-state index in [2.05, 4.69) is 4.74 Å². The maximum Gasteiger partial charge on any atom is 0.410 e. The van der Waals surface area contributed by atoms with E-state index in [0.717, 1.165) is 12.8 Å². The molecule has 1 rings (SSSR count). The number of ether oxygens (including phenoxy) is 2. The van der Waals surface area contributed by atoms with Gasteiger partial charge in [0.15, 0.2) is 0 Å². The number of nitrogens with two attached hydrogens (primary N) is 1. The molecule has 0 unspecified atom stereocenters. The highest BCUT2D eigenvalue weighted by Gasteiger charge is 2.28. The molecule has 0 spiro atoms. The first kappa shape index (κ1) is 17.8. The van der Waals surface area contributed by atoms with Crippen LogP contribution in [0.15, 0.2) is 0 Å². The lowest BCUT2D eigenvalue weighted by Gasteiger charge is -2.26.